The van der Waals surface area contributed by atoms with Gasteiger partial charge < -0.3 is 5.32 Å². The number of nitrogens with zero attached hydrogens (tertiary/aromatic N) is 2. The van der Waals surface area contributed by atoms with Crippen LogP contribution in [0.2, 0.25) is 0 Å². The van der Waals surface area contributed by atoms with Crippen LogP contribution in [-0.2, 0) is 11.3 Å². The average molecular weight is 237 g/mol. The molecular formula is C11H15N3OS. The van der Waals surface area contributed by atoms with Gasteiger partial charge in [-0.25, -0.2) is 4.98 Å². The number of thiazole rings is 1. The van der Waals surface area contributed by atoms with Crippen molar-refractivity contribution in [2.45, 2.75) is 26.8 Å². The van der Waals surface area contributed by atoms with Gasteiger partial charge in [-0.2, -0.15) is 0 Å². The molecule has 0 radical (unpaired) electrons. The maximum atomic E-state index is 11.4. The van der Waals surface area contributed by atoms with E-state index in [1.807, 2.05) is 36.0 Å². The van der Waals surface area contributed by atoms with E-state index in [4.69, 9.17) is 0 Å². The summed E-state index contributed by atoms with van der Waals surface area (Å²) in [6.07, 6.45) is 4.48. The fraction of sp³-hybridized carbons (Fsp3) is 0.455. The smallest absolute Gasteiger partial charge is 0.220 e. The maximum absolute atomic E-state index is 11.4. The van der Waals surface area contributed by atoms with Crippen molar-refractivity contribution >= 4 is 22.2 Å². The SMILES string of the molecule is CC(C)CC(=O)NCc1cn2ccsc2n1. The van der Waals surface area contributed by atoms with Gasteiger partial charge in [0.25, 0.3) is 0 Å². The Balaban J connectivity index is 1.90. The second-order valence-corrected chi connectivity index (χ2v) is 5.07. The highest BCUT2D eigenvalue weighted by Gasteiger charge is 2.06. The number of hydrogen-bond acceptors (Lipinski definition) is 3. The van der Waals surface area contributed by atoms with E-state index in [2.05, 4.69) is 10.3 Å². The van der Waals surface area contributed by atoms with Gasteiger partial charge in [0.05, 0.1) is 12.2 Å². The van der Waals surface area contributed by atoms with Crippen LogP contribution in [0.15, 0.2) is 17.8 Å². The quantitative estimate of drug-likeness (QED) is 0.884. The van der Waals surface area contributed by atoms with Crippen molar-refractivity contribution < 1.29 is 4.79 Å². The van der Waals surface area contributed by atoms with Gasteiger partial charge in [0.2, 0.25) is 5.91 Å². The summed E-state index contributed by atoms with van der Waals surface area (Å²) in [5.74, 6) is 0.483. The van der Waals surface area contributed by atoms with E-state index in [0.29, 0.717) is 18.9 Å². The lowest BCUT2D eigenvalue weighted by molar-refractivity contribution is -0.121. The molecule has 2 rings (SSSR count). The monoisotopic (exact) mass is 237 g/mol. The largest absolute Gasteiger partial charge is 0.350 e. The molecule has 2 aromatic rings. The molecule has 0 fully saturated rings. The molecule has 0 bridgehead atoms. The Morgan fingerprint density at radius 3 is 3.12 bits per heavy atom. The van der Waals surface area contributed by atoms with Gasteiger partial charge in [-0.05, 0) is 5.92 Å². The molecule has 0 saturated heterocycles. The maximum Gasteiger partial charge on any atom is 0.220 e. The van der Waals surface area contributed by atoms with Crippen molar-refractivity contribution in [2.24, 2.45) is 5.92 Å². The third kappa shape index (κ3) is 2.61. The van der Waals surface area contributed by atoms with Crippen molar-refractivity contribution in [2.75, 3.05) is 0 Å². The number of amides is 1. The van der Waals surface area contributed by atoms with Crippen molar-refractivity contribution in [3.8, 4) is 0 Å². The van der Waals surface area contributed by atoms with Crippen LogP contribution in [0.5, 0.6) is 0 Å². The van der Waals surface area contributed by atoms with Crippen molar-refractivity contribution in [3.05, 3.63) is 23.5 Å². The summed E-state index contributed by atoms with van der Waals surface area (Å²) in [4.78, 5) is 16.8. The molecule has 5 heteroatoms. The molecule has 86 valence electrons. The van der Waals surface area contributed by atoms with Gasteiger partial charge in [-0.3, -0.25) is 9.20 Å². The zero-order valence-electron chi connectivity index (χ0n) is 9.43. The lowest BCUT2D eigenvalue weighted by Gasteiger charge is -2.04. The standard InChI is InChI=1S/C11H15N3OS/c1-8(2)5-10(15)12-6-9-7-14-3-4-16-11(14)13-9/h3-4,7-8H,5-6H2,1-2H3,(H,12,15). The minimum Gasteiger partial charge on any atom is -0.350 e. The highest BCUT2D eigenvalue weighted by molar-refractivity contribution is 7.15. The van der Waals surface area contributed by atoms with E-state index in [1.54, 1.807) is 11.3 Å². The van der Waals surface area contributed by atoms with Gasteiger partial charge in [0.15, 0.2) is 4.96 Å². The summed E-state index contributed by atoms with van der Waals surface area (Å²) in [6, 6.07) is 0. The zero-order chi connectivity index (χ0) is 11.5. The summed E-state index contributed by atoms with van der Waals surface area (Å²) in [5.41, 5.74) is 0.906. The van der Waals surface area contributed by atoms with E-state index in [0.717, 1.165) is 10.7 Å². The predicted octanol–water partition coefficient (Wildman–Crippen LogP) is 2.06. The number of carbonyl (C=O) groups excluding carboxylic acids is 1. The molecule has 0 atom stereocenters. The first-order valence-electron chi connectivity index (χ1n) is 5.33. The molecule has 0 aliphatic carbocycles. The Hall–Kier alpha value is -1.36. The van der Waals surface area contributed by atoms with Crippen LogP contribution >= 0.6 is 11.3 Å². The summed E-state index contributed by atoms with van der Waals surface area (Å²) in [5, 5.41) is 4.86. The van der Waals surface area contributed by atoms with E-state index in [-0.39, 0.29) is 5.91 Å². The number of rotatable bonds is 4. The van der Waals surface area contributed by atoms with Gasteiger partial charge in [-0.1, -0.05) is 13.8 Å². The predicted molar refractivity (Wildman–Crippen MR) is 64.4 cm³/mol. The topological polar surface area (TPSA) is 46.4 Å². The second kappa shape index (κ2) is 4.65. The molecule has 0 unspecified atom stereocenters. The molecule has 0 aliphatic heterocycles. The molecule has 0 spiro atoms. The molecule has 16 heavy (non-hydrogen) atoms. The van der Waals surface area contributed by atoms with Gasteiger partial charge in [0.1, 0.15) is 0 Å². The number of nitrogens with one attached hydrogen (secondary N) is 1. The molecular weight excluding hydrogens is 222 g/mol. The van der Waals surface area contributed by atoms with Crippen molar-refractivity contribution in [1.29, 1.82) is 0 Å². The van der Waals surface area contributed by atoms with Gasteiger partial charge >= 0.3 is 0 Å². The fourth-order valence-corrected chi connectivity index (χ4v) is 2.21. The van der Waals surface area contributed by atoms with Gasteiger partial charge in [0, 0.05) is 24.2 Å². The van der Waals surface area contributed by atoms with Crippen LogP contribution in [0.3, 0.4) is 0 Å². The summed E-state index contributed by atoms with van der Waals surface area (Å²) < 4.78 is 1.97. The van der Waals surface area contributed by atoms with E-state index in [1.165, 1.54) is 0 Å². The average Bonchev–Trinajstić information content (AvgIpc) is 2.72. The lowest BCUT2D eigenvalue weighted by Crippen LogP contribution is -2.24. The number of carbonyl (C=O) groups is 1. The Morgan fingerprint density at radius 2 is 2.44 bits per heavy atom. The third-order valence-corrected chi connectivity index (χ3v) is 2.97. The summed E-state index contributed by atoms with van der Waals surface area (Å²) in [7, 11) is 0. The van der Waals surface area contributed by atoms with Gasteiger partial charge in [-0.15, -0.1) is 11.3 Å². The van der Waals surface area contributed by atoms with Crippen LogP contribution in [0.25, 0.3) is 4.96 Å². The van der Waals surface area contributed by atoms with Crippen LogP contribution in [-0.4, -0.2) is 15.3 Å². The zero-order valence-corrected chi connectivity index (χ0v) is 10.3. The van der Waals surface area contributed by atoms with E-state index < -0.39 is 0 Å². The van der Waals surface area contributed by atoms with Crippen LogP contribution < -0.4 is 5.32 Å². The molecule has 4 nitrogen and oxygen atoms in total. The van der Waals surface area contributed by atoms with Crippen molar-refractivity contribution in [1.82, 2.24) is 14.7 Å². The first kappa shape index (κ1) is 11.1. The number of fused-ring (bicyclic) bond motifs is 1. The Kier molecular flexibility index (Phi) is 3.24. The molecule has 0 saturated carbocycles. The first-order chi connectivity index (χ1) is 7.65. The normalized spacial score (nSPS) is 11.2. The lowest BCUT2D eigenvalue weighted by atomic mass is 10.1. The van der Waals surface area contributed by atoms with E-state index in [9.17, 15) is 4.79 Å². The summed E-state index contributed by atoms with van der Waals surface area (Å²) >= 11 is 1.59. The fourth-order valence-electron chi connectivity index (χ4n) is 1.49. The van der Waals surface area contributed by atoms with Crippen LogP contribution in [0.1, 0.15) is 26.0 Å². The van der Waals surface area contributed by atoms with Crippen LogP contribution in [0, 0.1) is 5.92 Å². The number of imidazole rings is 1. The second-order valence-electron chi connectivity index (χ2n) is 4.20. The van der Waals surface area contributed by atoms with E-state index >= 15 is 0 Å². The molecule has 2 heterocycles. The molecule has 0 aromatic carbocycles. The highest BCUT2D eigenvalue weighted by Crippen LogP contribution is 2.11. The molecule has 0 aliphatic rings. The first-order valence-corrected chi connectivity index (χ1v) is 6.21. The highest BCUT2D eigenvalue weighted by atomic mass is 32.1. The molecule has 1 amide bonds. The Bertz CT molecular complexity index is 458. The number of aromatic nitrogens is 2. The Labute approximate surface area is 98.3 Å². The molecule has 2 aromatic heterocycles. The molecule has 1 N–H and O–H groups in total. The minimum absolute atomic E-state index is 0.0892. The Morgan fingerprint density at radius 1 is 1.62 bits per heavy atom. The minimum atomic E-state index is 0.0892. The van der Waals surface area contributed by atoms with Crippen molar-refractivity contribution in [3.63, 3.8) is 0 Å². The number of hydrogen-bond donors (Lipinski definition) is 1. The van der Waals surface area contributed by atoms with Crippen LogP contribution in [0.4, 0.5) is 0 Å². The third-order valence-electron chi connectivity index (χ3n) is 2.20. The summed E-state index contributed by atoms with van der Waals surface area (Å²) in [6.45, 7) is 4.58.